The average molecular weight is 426 g/mol. The molecule has 0 unspecified atom stereocenters. The summed E-state index contributed by atoms with van der Waals surface area (Å²) in [4.78, 5) is 27.6. The van der Waals surface area contributed by atoms with E-state index in [9.17, 15) is 9.59 Å². The van der Waals surface area contributed by atoms with Gasteiger partial charge in [-0.05, 0) is 31.2 Å². The molecule has 0 atom stereocenters. The third-order valence-corrected chi connectivity index (χ3v) is 5.48. The molecular formula is C21H20ClN5O3. The summed E-state index contributed by atoms with van der Waals surface area (Å²) < 4.78 is 8.74. The lowest BCUT2D eigenvalue weighted by atomic mass is 10.1. The lowest BCUT2D eigenvalue weighted by Gasteiger charge is -2.32. The van der Waals surface area contributed by atoms with Gasteiger partial charge in [0.05, 0.1) is 23.5 Å². The number of piperidine rings is 1. The van der Waals surface area contributed by atoms with E-state index in [-0.39, 0.29) is 29.6 Å². The Kier molecular flexibility index (Phi) is 5.46. The van der Waals surface area contributed by atoms with Gasteiger partial charge >= 0.3 is 0 Å². The Labute approximate surface area is 177 Å². The molecule has 1 aliphatic rings. The van der Waals surface area contributed by atoms with E-state index in [2.05, 4.69) is 5.10 Å². The number of amides is 1. The molecule has 154 valence electrons. The van der Waals surface area contributed by atoms with Gasteiger partial charge in [-0.3, -0.25) is 14.2 Å². The molecule has 0 aliphatic carbocycles. The Morgan fingerprint density at radius 3 is 2.67 bits per heavy atom. The highest BCUT2D eigenvalue weighted by molar-refractivity contribution is 6.30. The first kappa shape index (κ1) is 20.0. The van der Waals surface area contributed by atoms with Crippen molar-refractivity contribution in [3.8, 4) is 11.8 Å². The van der Waals surface area contributed by atoms with Crippen LogP contribution in [0.1, 0.15) is 28.9 Å². The Bertz CT molecular complexity index is 1180. The molecule has 3 aromatic rings. The smallest absolute Gasteiger partial charge is 0.278 e. The number of nitriles is 1. The number of aromatic nitrogens is 3. The van der Waals surface area contributed by atoms with Crippen molar-refractivity contribution in [2.45, 2.75) is 32.4 Å². The maximum Gasteiger partial charge on any atom is 0.278 e. The van der Waals surface area contributed by atoms with Gasteiger partial charge < -0.3 is 9.64 Å². The molecule has 2 aromatic heterocycles. The van der Waals surface area contributed by atoms with E-state index in [1.807, 2.05) is 18.2 Å². The number of likely N-dealkylation sites (tertiary alicyclic amines) is 1. The highest BCUT2D eigenvalue weighted by Gasteiger charge is 2.28. The lowest BCUT2D eigenvalue weighted by molar-refractivity contribution is 0.0597. The van der Waals surface area contributed by atoms with Crippen LogP contribution in [0.15, 0.2) is 41.5 Å². The molecule has 30 heavy (non-hydrogen) atoms. The van der Waals surface area contributed by atoms with Gasteiger partial charge in [-0.1, -0.05) is 11.6 Å². The van der Waals surface area contributed by atoms with Gasteiger partial charge in [0.2, 0.25) is 0 Å². The zero-order valence-electron chi connectivity index (χ0n) is 16.4. The van der Waals surface area contributed by atoms with Crippen LogP contribution in [0.4, 0.5) is 0 Å². The Morgan fingerprint density at radius 2 is 2.00 bits per heavy atom. The van der Waals surface area contributed by atoms with Crippen LogP contribution >= 0.6 is 11.6 Å². The maximum atomic E-state index is 13.1. The number of hydrogen-bond donors (Lipinski definition) is 0. The molecule has 1 saturated heterocycles. The van der Waals surface area contributed by atoms with Crippen molar-refractivity contribution >= 4 is 23.0 Å². The molecule has 0 bridgehead atoms. The van der Waals surface area contributed by atoms with Gasteiger partial charge in [-0.2, -0.15) is 10.4 Å². The van der Waals surface area contributed by atoms with Crippen LogP contribution in [0.25, 0.3) is 5.52 Å². The highest BCUT2D eigenvalue weighted by atomic mass is 35.5. The quantitative estimate of drug-likeness (QED) is 0.640. The van der Waals surface area contributed by atoms with Gasteiger partial charge in [-0.15, -0.1) is 0 Å². The maximum absolute atomic E-state index is 13.1. The minimum Gasteiger partial charge on any atom is -0.490 e. The summed E-state index contributed by atoms with van der Waals surface area (Å²) in [7, 11) is 0. The number of fused-ring (bicyclic) bond motifs is 1. The van der Waals surface area contributed by atoms with E-state index in [1.54, 1.807) is 30.2 Å². The van der Waals surface area contributed by atoms with Crippen LogP contribution in [0.2, 0.25) is 5.02 Å². The van der Waals surface area contributed by atoms with E-state index >= 15 is 0 Å². The van der Waals surface area contributed by atoms with E-state index in [0.717, 1.165) is 5.75 Å². The second kappa shape index (κ2) is 8.20. The molecule has 1 aromatic carbocycles. The summed E-state index contributed by atoms with van der Waals surface area (Å²) in [5.74, 6) is 0.515. The minimum atomic E-state index is -0.399. The zero-order valence-corrected chi connectivity index (χ0v) is 17.2. The molecule has 4 rings (SSSR count). The van der Waals surface area contributed by atoms with Crippen molar-refractivity contribution in [2.75, 3.05) is 13.1 Å². The zero-order chi connectivity index (χ0) is 21.3. The van der Waals surface area contributed by atoms with E-state index in [0.29, 0.717) is 36.6 Å². The second-order valence-electron chi connectivity index (χ2n) is 7.24. The first-order valence-electron chi connectivity index (χ1n) is 9.64. The molecule has 0 N–H and O–H groups in total. The summed E-state index contributed by atoms with van der Waals surface area (Å²) in [5.41, 5.74) is 0.736. The van der Waals surface area contributed by atoms with E-state index < -0.39 is 5.56 Å². The average Bonchev–Trinajstić information content (AvgIpc) is 3.20. The van der Waals surface area contributed by atoms with Crippen molar-refractivity contribution in [2.24, 2.45) is 0 Å². The number of halogens is 1. The normalized spacial score (nSPS) is 14.6. The summed E-state index contributed by atoms with van der Waals surface area (Å²) in [5, 5.41) is 13.8. The number of rotatable bonds is 4. The fourth-order valence-electron chi connectivity index (χ4n) is 3.70. The number of carbonyl (C=O) groups excluding carboxylic acids is 1. The largest absolute Gasteiger partial charge is 0.490 e. The lowest BCUT2D eigenvalue weighted by Crippen LogP contribution is -2.42. The van der Waals surface area contributed by atoms with Crippen molar-refractivity contribution in [3.05, 3.63) is 63.3 Å². The second-order valence-corrected chi connectivity index (χ2v) is 7.68. The number of benzene rings is 1. The molecule has 0 radical (unpaired) electrons. The summed E-state index contributed by atoms with van der Waals surface area (Å²) in [6, 6.07) is 9.18. The van der Waals surface area contributed by atoms with Crippen LogP contribution in [-0.4, -0.2) is 44.2 Å². The number of ether oxygens (including phenoxy) is 1. The van der Waals surface area contributed by atoms with Gasteiger partial charge in [-0.25, -0.2) is 4.52 Å². The molecule has 1 fully saturated rings. The van der Waals surface area contributed by atoms with Gasteiger partial charge in [0.25, 0.3) is 11.5 Å². The molecule has 0 saturated carbocycles. The monoisotopic (exact) mass is 425 g/mol. The number of hydrogen-bond acceptors (Lipinski definition) is 5. The molecule has 0 spiro atoms. The predicted molar refractivity (Wildman–Crippen MR) is 111 cm³/mol. The van der Waals surface area contributed by atoms with E-state index in [4.69, 9.17) is 21.6 Å². The molecule has 8 nitrogen and oxygen atoms in total. The van der Waals surface area contributed by atoms with Crippen LogP contribution in [0, 0.1) is 18.3 Å². The van der Waals surface area contributed by atoms with Crippen LogP contribution in [-0.2, 0) is 6.54 Å². The van der Waals surface area contributed by atoms with Gasteiger partial charge in [0.1, 0.15) is 23.9 Å². The molecule has 1 amide bonds. The summed E-state index contributed by atoms with van der Waals surface area (Å²) in [6.45, 7) is 2.74. The third kappa shape index (κ3) is 3.76. The first-order chi connectivity index (χ1) is 14.5. The molecule has 1 aliphatic heterocycles. The Morgan fingerprint density at radius 1 is 1.30 bits per heavy atom. The third-order valence-electron chi connectivity index (χ3n) is 5.23. The van der Waals surface area contributed by atoms with Crippen molar-refractivity contribution in [1.82, 2.24) is 19.1 Å². The van der Waals surface area contributed by atoms with E-state index in [1.165, 1.54) is 15.3 Å². The first-order valence-corrected chi connectivity index (χ1v) is 10.0. The fraction of sp³-hybridized carbons (Fsp3) is 0.333. The number of aryl methyl sites for hydroxylation is 1. The number of nitrogens with zero attached hydrogens (tertiary/aromatic N) is 5. The highest BCUT2D eigenvalue weighted by Crippen LogP contribution is 2.22. The van der Waals surface area contributed by atoms with Crippen molar-refractivity contribution in [1.29, 1.82) is 5.26 Å². The molecular weight excluding hydrogens is 406 g/mol. The fourth-order valence-corrected chi connectivity index (χ4v) is 3.83. The van der Waals surface area contributed by atoms with Crippen molar-refractivity contribution < 1.29 is 9.53 Å². The Hall–Kier alpha value is -3.31. The standard InChI is InChI=1S/C21H20ClN5O3/c1-14-13-26(11-8-23)21(29)19-18(12-24-27(14)19)20(28)25-9-6-17(7-10-25)30-16-4-2-15(22)3-5-16/h2-5,12-13,17H,6-7,9-11H2,1H3. The predicted octanol–water partition coefficient (Wildman–Crippen LogP) is 2.67. The topological polar surface area (TPSA) is 92.6 Å². The van der Waals surface area contributed by atoms with Crippen LogP contribution in [0.3, 0.4) is 0 Å². The number of carbonyl (C=O) groups is 1. The van der Waals surface area contributed by atoms with Crippen LogP contribution < -0.4 is 10.3 Å². The SMILES string of the molecule is Cc1cn(CC#N)c(=O)c2c(C(=O)N3CCC(Oc4ccc(Cl)cc4)CC3)cnn12. The van der Waals surface area contributed by atoms with Gasteiger partial charge in [0.15, 0.2) is 0 Å². The summed E-state index contributed by atoms with van der Waals surface area (Å²) in [6.07, 6.45) is 4.38. The van der Waals surface area contributed by atoms with Crippen LogP contribution in [0.5, 0.6) is 5.75 Å². The molecule has 9 heteroatoms. The molecule has 3 heterocycles. The summed E-state index contributed by atoms with van der Waals surface area (Å²) >= 11 is 5.90. The van der Waals surface area contributed by atoms with Crippen molar-refractivity contribution in [3.63, 3.8) is 0 Å². The van der Waals surface area contributed by atoms with Gasteiger partial charge in [0, 0.05) is 37.2 Å². The Balaban J connectivity index is 1.50. The minimum absolute atomic E-state index is 0.00855.